The quantitative estimate of drug-likeness (QED) is 0.889. The van der Waals surface area contributed by atoms with Gasteiger partial charge < -0.3 is 9.73 Å². The van der Waals surface area contributed by atoms with Crippen LogP contribution < -0.4 is 5.32 Å². The van der Waals surface area contributed by atoms with E-state index in [1.807, 2.05) is 14.0 Å². The van der Waals surface area contributed by atoms with E-state index >= 15 is 0 Å². The van der Waals surface area contributed by atoms with Gasteiger partial charge in [-0.15, -0.1) is 0 Å². The predicted octanol–water partition coefficient (Wildman–Crippen LogP) is 3.80. The van der Waals surface area contributed by atoms with E-state index < -0.39 is 0 Å². The number of nitrogens with one attached hydrogen (secondary N) is 1. The molecule has 0 radical (unpaired) electrons. The van der Waals surface area contributed by atoms with Crippen LogP contribution in [0.15, 0.2) is 45.1 Å². The maximum absolute atomic E-state index is 5.33. The zero-order valence-electron chi connectivity index (χ0n) is 10.9. The maximum atomic E-state index is 5.33. The van der Waals surface area contributed by atoms with Gasteiger partial charge in [-0.1, -0.05) is 19.1 Å². The monoisotopic (exact) mass is 262 g/mol. The third-order valence-corrected chi connectivity index (χ3v) is 3.71. The number of hydrogen-bond donors (Lipinski definition) is 1. The van der Waals surface area contributed by atoms with Gasteiger partial charge in [-0.25, -0.2) is 4.98 Å². The van der Waals surface area contributed by atoms with Gasteiger partial charge in [0.05, 0.1) is 5.69 Å². The summed E-state index contributed by atoms with van der Waals surface area (Å²) in [6, 6.07) is 8.96. The van der Waals surface area contributed by atoms with Gasteiger partial charge in [0.25, 0.3) is 5.22 Å². The van der Waals surface area contributed by atoms with Crippen LogP contribution in [-0.4, -0.2) is 12.0 Å². The minimum Gasteiger partial charge on any atom is -0.439 e. The highest BCUT2D eigenvalue weighted by atomic mass is 32.2. The van der Waals surface area contributed by atoms with Crippen LogP contribution in [0.25, 0.3) is 0 Å². The molecule has 3 nitrogen and oxygen atoms in total. The van der Waals surface area contributed by atoms with Crippen LogP contribution in [-0.2, 0) is 0 Å². The molecule has 4 heteroatoms. The molecule has 2 aromatic rings. The smallest absolute Gasteiger partial charge is 0.260 e. The SMILES string of the molecule is CCC(NC)c1ccc(Sc2nc(C)co2)cc1. The summed E-state index contributed by atoms with van der Waals surface area (Å²) < 4.78 is 5.33. The van der Waals surface area contributed by atoms with Gasteiger partial charge in [0.2, 0.25) is 0 Å². The number of hydrogen-bond acceptors (Lipinski definition) is 4. The fourth-order valence-electron chi connectivity index (χ4n) is 1.85. The molecular weight excluding hydrogens is 244 g/mol. The van der Waals surface area contributed by atoms with E-state index in [1.54, 1.807) is 18.0 Å². The van der Waals surface area contributed by atoms with E-state index in [0.717, 1.165) is 17.0 Å². The molecule has 2 rings (SSSR count). The van der Waals surface area contributed by atoms with Crippen LogP contribution in [0.1, 0.15) is 30.6 Å². The Morgan fingerprint density at radius 3 is 2.56 bits per heavy atom. The molecule has 0 aliphatic heterocycles. The van der Waals surface area contributed by atoms with Crippen LogP contribution in [0.2, 0.25) is 0 Å². The number of benzene rings is 1. The molecule has 96 valence electrons. The van der Waals surface area contributed by atoms with Crippen LogP contribution in [0.4, 0.5) is 0 Å². The molecule has 1 N–H and O–H groups in total. The highest BCUT2D eigenvalue weighted by Gasteiger charge is 2.07. The largest absolute Gasteiger partial charge is 0.439 e. The maximum Gasteiger partial charge on any atom is 0.260 e. The summed E-state index contributed by atoms with van der Waals surface area (Å²) >= 11 is 1.55. The van der Waals surface area contributed by atoms with Gasteiger partial charge in [0.1, 0.15) is 6.26 Å². The molecule has 1 atom stereocenters. The summed E-state index contributed by atoms with van der Waals surface area (Å²) in [5.74, 6) is 0. The van der Waals surface area contributed by atoms with Crippen molar-refractivity contribution in [3.05, 3.63) is 41.8 Å². The average molecular weight is 262 g/mol. The van der Waals surface area contributed by atoms with Crippen molar-refractivity contribution in [3.63, 3.8) is 0 Å². The van der Waals surface area contributed by atoms with Crippen molar-refractivity contribution in [2.24, 2.45) is 0 Å². The molecule has 1 unspecified atom stereocenters. The highest BCUT2D eigenvalue weighted by molar-refractivity contribution is 7.99. The summed E-state index contributed by atoms with van der Waals surface area (Å²) in [6.07, 6.45) is 2.76. The lowest BCUT2D eigenvalue weighted by molar-refractivity contribution is 0.454. The first kappa shape index (κ1) is 13.2. The number of aryl methyl sites for hydroxylation is 1. The van der Waals surface area contributed by atoms with Crippen molar-refractivity contribution in [2.75, 3.05) is 7.05 Å². The zero-order valence-corrected chi connectivity index (χ0v) is 11.8. The van der Waals surface area contributed by atoms with Crippen molar-refractivity contribution in [1.82, 2.24) is 10.3 Å². The number of aromatic nitrogens is 1. The van der Waals surface area contributed by atoms with Gasteiger partial charge in [-0.2, -0.15) is 0 Å². The van der Waals surface area contributed by atoms with Crippen molar-refractivity contribution in [3.8, 4) is 0 Å². The molecule has 0 fully saturated rings. The van der Waals surface area contributed by atoms with Gasteiger partial charge in [0, 0.05) is 10.9 Å². The fourth-order valence-corrected chi connectivity index (χ4v) is 2.61. The van der Waals surface area contributed by atoms with Crippen LogP contribution in [0.5, 0.6) is 0 Å². The molecule has 18 heavy (non-hydrogen) atoms. The molecule has 1 aromatic heterocycles. The van der Waals surface area contributed by atoms with E-state index in [2.05, 4.69) is 41.5 Å². The Morgan fingerprint density at radius 2 is 2.06 bits per heavy atom. The van der Waals surface area contributed by atoms with Crippen molar-refractivity contribution in [2.45, 2.75) is 36.4 Å². The van der Waals surface area contributed by atoms with Crippen molar-refractivity contribution >= 4 is 11.8 Å². The standard InChI is InChI=1S/C14H18N2OS/c1-4-13(15-3)11-5-7-12(8-6-11)18-14-16-10(2)9-17-14/h5-9,13,15H,4H2,1-3H3. The Hall–Kier alpha value is -1.26. The molecule has 0 saturated heterocycles. The predicted molar refractivity (Wildman–Crippen MR) is 73.9 cm³/mol. The van der Waals surface area contributed by atoms with Gasteiger partial charge in [0.15, 0.2) is 0 Å². The Bertz CT molecular complexity index is 489. The van der Waals surface area contributed by atoms with Gasteiger partial charge >= 0.3 is 0 Å². The molecule has 1 heterocycles. The summed E-state index contributed by atoms with van der Waals surface area (Å²) in [5, 5.41) is 4.00. The van der Waals surface area contributed by atoms with Crippen LogP contribution in [0, 0.1) is 6.92 Å². The number of nitrogens with zero attached hydrogens (tertiary/aromatic N) is 1. The summed E-state index contributed by atoms with van der Waals surface area (Å²) in [6.45, 7) is 4.11. The summed E-state index contributed by atoms with van der Waals surface area (Å²) in [4.78, 5) is 5.42. The number of oxazole rings is 1. The topological polar surface area (TPSA) is 38.1 Å². The Morgan fingerprint density at radius 1 is 1.33 bits per heavy atom. The summed E-state index contributed by atoms with van der Waals surface area (Å²) in [7, 11) is 1.99. The first-order valence-electron chi connectivity index (χ1n) is 6.10. The second-order valence-electron chi connectivity index (χ2n) is 4.18. The zero-order chi connectivity index (χ0) is 13.0. The third kappa shape index (κ3) is 3.15. The Kier molecular flexibility index (Phi) is 4.44. The van der Waals surface area contributed by atoms with Crippen LogP contribution in [0.3, 0.4) is 0 Å². The molecular formula is C14H18N2OS. The van der Waals surface area contributed by atoms with E-state index in [4.69, 9.17) is 4.42 Å². The Balaban J connectivity index is 2.07. The molecule has 0 spiro atoms. The Labute approximate surface area is 112 Å². The second-order valence-corrected chi connectivity index (χ2v) is 5.20. The van der Waals surface area contributed by atoms with Crippen molar-refractivity contribution < 1.29 is 4.42 Å². The van der Waals surface area contributed by atoms with E-state index in [-0.39, 0.29) is 0 Å². The lowest BCUT2D eigenvalue weighted by Gasteiger charge is -2.14. The molecule has 0 aliphatic rings. The van der Waals surface area contributed by atoms with Crippen LogP contribution >= 0.6 is 11.8 Å². The third-order valence-electron chi connectivity index (χ3n) is 2.84. The highest BCUT2D eigenvalue weighted by Crippen LogP contribution is 2.28. The second kappa shape index (κ2) is 6.07. The average Bonchev–Trinajstić information content (AvgIpc) is 2.78. The normalized spacial score (nSPS) is 12.6. The van der Waals surface area contributed by atoms with Gasteiger partial charge in [-0.3, -0.25) is 0 Å². The first-order chi connectivity index (χ1) is 8.72. The lowest BCUT2D eigenvalue weighted by atomic mass is 10.1. The number of rotatable bonds is 5. The van der Waals surface area contributed by atoms with E-state index in [0.29, 0.717) is 11.3 Å². The fraction of sp³-hybridized carbons (Fsp3) is 0.357. The summed E-state index contributed by atoms with van der Waals surface area (Å²) in [5.41, 5.74) is 2.23. The molecule has 0 bridgehead atoms. The first-order valence-corrected chi connectivity index (χ1v) is 6.91. The lowest BCUT2D eigenvalue weighted by Crippen LogP contribution is -2.14. The molecule has 0 amide bonds. The van der Waals surface area contributed by atoms with E-state index in [1.165, 1.54) is 5.56 Å². The molecule has 1 aromatic carbocycles. The van der Waals surface area contributed by atoms with Gasteiger partial charge in [-0.05, 0) is 49.9 Å². The molecule has 0 aliphatic carbocycles. The van der Waals surface area contributed by atoms with E-state index in [9.17, 15) is 0 Å². The minimum atomic E-state index is 0.424. The molecule has 0 saturated carbocycles. The minimum absolute atomic E-state index is 0.424. The van der Waals surface area contributed by atoms with Crippen molar-refractivity contribution in [1.29, 1.82) is 0 Å².